The van der Waals surface area contributed by atoms with E-state index in [-0.39, 0.29) is 12.0 Å². The van der Waals surface area contributed by atoms with Crippen molar-refractivity contribution in [1.29, 1.82) is 0 Å². The van der Waals surface area contributed by atoms with Crippen molar-refractivity contribution in [1.82, 2.24) is 5.32 Å². The van der Waals surface area contributed by atoms with E-state index in [0.29, 0.717) is 26.4 Å². The number of hydrogen-bond acceptors (Lipinski definition) is 4. The number of carbonyl (C=O) groups excluding carboxylic acids is 1. The van der Waals surface area contributed by atoms with Crippen molar-refractivity contribution < 1.29 is 19.0 Å². The van der Waals surface area contributed by atoms with E-state index in [0.717, 1.165) is 24.3 Å². The molecule has 1 saturated heterocycles. The lowest BCUT2D eigenvalue weighted by Gasteiger charge is -2.11. The topological polar surface area (TPSA) is 56.8 Å². The Bertz CT molecular complexity index is 412. The lowest BCUT2D eigenvalue weighted by molar-refractivity contribution is -0.130. The van der Waals surface area contributed by atoms with Gasteiger partial charge in [-0.2, -0.15) is 0 Å². The van der Waals surface area contributed by atoms with Crippen LogP contribution in [0.3, 0.4) is 0 Å². The van der Waals surface area contributed by atoms with E-state index in [1.807, 2.05) is 31.2 Å². The molecule has 0 radical (unpaired) electrons. The van der Waals surface area contributed by atoms with Crippen LogP contribution in [-0.4, -0.2) is 38.4 Å². The minimum absolute atomic E-state index is 0.0437. The van der Waals surface area contributed by atoms with Crippen LogP contribution in [-0.2, 0) is 9.53 Å². The average Bonchev–Trinajstić information content (AvgIpc) is 3.00. The molecular weight excluding hydrogens is 258 g/mol. The molecule has 1 N–H and O–H groups in total. The molecule has 110 valence electrons. The molecule has 0 saturated carbocycles. The summed E-state index contributed by atoms with van der Waals surface area (Å²) < 4.78 is 16.2. The molecule has 1 heterocycles. The molecule has 20 heavy (non-hydrogen) atoms. The molecule has 0 aliphatic carbocycles. The number of amides is 1. The summed E-state index contributed by atoms with van der Waals surface area (Å²) >= 11 is 0. The highest BCUT2D eigenvalue weighted by Crippen LogP contribution is 2.17. The third kappa shape index (κ3) is 4.42. The van der Waals surface area contributed by atoms with Crippen LogP contribution in [0.1, 0.15) is 19.8 Å². The van der Waals surface area contributed by atoms with Gasteiger partial charge in [-0.1, -0.05) is 0 Å². The van der Waals surface area contributed by atoms with Gasteiger partial charge in [0, 0.05) is 6.61 Å². The summed E-state index contributed by atoms with van der Waals surface area (Å²) in [6.45, 7) is 4.19. The van der Waals surface area contributed by atoms with Crippen molar-refractivity contribution in [3.63, 3.8) is 0 Å². The molecule has 1 atom stereocenters. The van der Waals surface area contributed by atoms with Crippen molar-refractivity contribution >= 4 is 5.91 Å². The van der Waals surface area contributed by atoms with Gasteiger partial charge < -0.3 is 19.5 Å². The van der Waals surface area contributed by atoms with Crippen LogP contribution in [0.2, 0.25) is 0 Å². The predicted octanol–water partition coefficient (Wildman–Crippen LogP) is 1.76. The maximum atomic E-state index is 11.7. The van der Waals surface area contributed by atoms with Gasteiger partial charge in [0.15, 0.2) is 0 Å². The summed E-state index contributed by atoms with van der Waals surface area (Å²) in [7, 11) is 0. The van der Waals surface area contributed by atoms with Crippen LogP contribution < -0.4 is 14.8 Å². The molecule has 0 aromatic heterocycles. The van der Waals surface area contributed by atoms with Gasteiger partial charge in [0.1, 0.15) is 24.2 Å². The minimum Gasteiger partial charge on any atom is -0.494 e. The zero-order valence-electron chi connectivity index (χ0n) is 11.8. The first-order valence-corrected chi connectivity index (χ1v) is 7.04. The Morgan fingerprint density at radius 1 is 1.30 bits per heavy atom. The fourth-order valence-electron chi connectivity index (χ4n) is 2.04. The molecule has 1 unspecified atom stereocenters. The standard InChI is InChI=1S/C15H21NO4/c1-2-18-12-5-7-13(8-6-12)19-11-9-16-15(17)14-4-3-10-20-14/h5-8,14H,2-4,9-11H2,1H3,(H,16,17). The molecule has 1 aromatic carbocycles. The van der Waals surface area contributed by atoms with Crippen LogP contribution in [0, 0.1) is 0 Å². The smallest absolute Gasteiger partial charge is 0.249 e. The highest BCUT2D eigenvalue weighted by molar-refractivity contribution is 5.80. The van der Waals surface area contributed by atoms with Gasteiger partial charge in [0.05, 0.1) is 13.2 Å². The van der Waals surface area contributed by atoms with E-state index in [2.05, 4.69) is 5.32 Å². The largest absolute Gasteiger partial charge is 0.494 e. The second-order valence-electron chi connectivity index (χ2n) is 4.55. The average molecular weight is 279 g/mol. The van der Waals surface area contributed by atoms with Crippen molar-refractivity contribution in [3.05, 3.63) is 24.3 Å². The number of rotatable bonds is 7. The summed E-state index contributed by atoms with van der Waals surface area (Å²) in [5.41, 5.74) is 0. The Kier molecular flexibility index (Phi) is 5.68. The van der Waals surface area contributed by atoms with Crippen LogP contribution in [0.15, 0.2) is 24.3 Å². The monoisotopic (exact) mass is 279 g/mol. The summed E-state index contributed by atoms with van der Waals surface area (Å²) in [6.07, 6.45) is 1.49. The molecule has 2 rings (SSSR count). The highest BCUT2D eigenvalue weighted by Gasteiger charge is 2.22. The SMILES string of the molecule is CCOc1ccc(OCCNC(=O)C2CCCO2)cc1. The number of benzene rings is 1. The van der Waals surface area contributed by atoms with Crippen LogP contribution in [0.25, 0.3) is 0 Å². The fourth-order valence-corrected chi connectivity index (χ4v) is 2.04. The highest BCUT2D eigenvalue weighted by atomic mass is 16.5. The minimum atomic E-state index is -0.277. The van der Waals surface area contributed by atoms with E-state index in [1.54, 1.807) is 0 Å². The van der Waals surface area contributed by atoms with E-state index in [1.165, 1.54) is 0 Å². The van der Waals surface area contributed by atoms with E-state index < -0.39 is 0 Å². The van der Waals surface area contributed by atoms with Gasteiger partial charge in [0.25, 0.3) is 0 Å². The number of carbonyl (C=O) groups is 1. The van der Waals surface area contributed by atoms with E-state index in [4.69, 9.17) is 14.2 Å². The maximum absolute atomic E-state index is 11.7. The Balaban J connectivity index is 1.63. The first kappa shape index (κ1) is 14.7. The Hall–Kier alpha value is -1.75. The van der Waals surface area contributed by atoms with E-state index >= 15 is 0 Å². The second-order valence-corrected chi connectivity index (χ2v) is 4.55. The molecular formula is C15H21NO4. The van der Waals surface area contributed by atoms with Gasteiger partial charge in [-0.25, -0.2) is 0 Å². The van der Waals surface area contributed by atoms with Gasteiger partial charge in [0.2, 0.25) is 5.91 Å². The van der Waals surface area contributed by atoms with Crippen molar-refractivity contribution in [3.8, 4) is 11.5 Å². The number of ether oxygens (including phenoxy) is 3. The zero-order valence-corrected chi connectivity index (χ0v) is 11.8. The molecule has 1 aromatic rings. The van der Waals surface area contributed by atoms with Crippen LogP contribution in [0.5, 0.6) is 11.5 Å². The second kappa shape index (κ2) is 7.75. The maximum Gasteiger partial charge on any atom is 0.249 e. The van der Waals surface area contributed by atoms with Gasteiger partial charge in [-0.05, 0) is 44.0 Å². The van der Waals surface area contributed by atoms with Crippen molar-refractivity contribution in [2.75, 3.05) is 26.4 Å². The van der Waals surface area contributed by atoms with Crippen molar-refractivity contribution in [2.24, 2.45) is 0 Å². The normalized spacial score (nSPS) is 17.8. The van der Waals surface area contributed by atoms with Crippen LogP contribution in [0.4, 0.5) is 0 Å². The summed E-state index contributed by atoms with van der Waals surface area (Å²) in [6, 6.07) is 7.44. The summed E-state index contributed by atoms with van der Waals surface area (Å²) in [5.74, 6) is 1.55. The number of nitrogens with one attached hydrogen (secondary N) is 1. The molecule has 0 bridgehead atoms. The zero-order chi connectivity index (χ0) is 14.2. The van der Waals surface area contributed by atoms with Gasteiger partial charge in [-0.3, -0.25) is 4.79 Å². The Labute approximate surface area is 119 Å². The molecule has 1 fully saturated rings. The first-order chi connectivity index (χ1) is 9.79. The quantitative estimate of drug-likeness (QED) is 0.773. The summed E-state index contributed by atoms with van der Waals surface area (Å²) in [5, 5.41) is 2.81. The molecule has 1 amide bonds. The van der Waals surface area contributed by atoms with Gasteiger partial charge >= 0.3 is 0 Å². The third-order valence-electron chi connectivity index (χ3n) is 3.03. The molecule has 5 heteroatoms. The molecule has 1 aliphatic heterocycles. The molecule has 1 aliphatic rings. The fraction of sp³-hybridized carbons (Fsp3) is 0.533. The summed E-state index contributed by atoms with van der Waals surface area (Å²) in [4.78, 5) is 11.7. The third-order valence-corrected chi connectivity index (χ3v) is 3.03. The van der Waals surface area contributed by atoms with Crippen molar-refractivity contribution in [2.45, 2.75) is 25.9 Å². The van der Waals surface area contributed by atoms with E-state index in [9.17, 15) is 4.79 Å². The molecule has 0 spiro atoms. The van der Waals surface area contributed by atoms with Gasteiger partial charge in [-0.15, -0.1) is 0 Å². The van der Waals surface area contributed by atoms with Crippen LogP contribution >= 0.6 is 0 Å². The lowest BCUT2D eigenvalue weighted by Crippen LogP contribution is -2.36. The Morgan fingerprint density at radius 2 is 2.00 bits per heavy atom. The molecule has 5 nitrogen and oxygen atoms in total. The number of hydrogen-bond donors (Lipinski definition) is 1. The Morgan fingerprint density at radius 3 is 2.60 bits per heavy atom. The predicted molar refractivity (Wildman–Crippen MR) is 75.1 cm³/mol. The first-order valence-electron chi connectivity index (χ1n) is 7.04. The lowest BCUT2D eigenvalue weighted by atomic mass is 10.2.